The highest BCUT2D eigenvalue weighted by Crippen LogP contribution is 2.11. The Morgan fingerprint density at radius 1 is 1.04 bits per heavy atom. The van der Waals surface area contributed by atoms with Gasteiger partial charge in [0.2, 0.25) is 0 Å². The van der Waals surface area contributed by atoms with Crippen LogP contribution < -0.4 is 4.74 Å². The Bertz CT molecular complexity index is 592. The van der Waals surface area contributed by atoms with E-state index in [1.807, 2.05) is 0 Å². The minimum atomic E-state index is -0.832. The number of carbonyl (C=O) groups is 4. The van der Waals surface area contributed by atoms with Gasteiger partial charge in [-0.05, 0) is 19.1 Å². The van der Waals surface area contributed by atoms with Crippen molar-refractivity contribution < 1.29 is 33.4 Å². The van der Waals surface area contributed by atoms with E-state index in [1.54, 1.807) is 37.3 Å². The van der Waals surface area contributed by atoms with E-state index in [4.69, 9.17) is 9.47 Å². The van der Waals surface area contributed by atoms with E-state index in [1.165, 1.54) is 0 Å². The van der Waals surface area contributed by atoms with Crippen molar-refractivity contribution in [1.29, 1.82) is 0 Å². The van der Waals surface area contributed by atoms with Crippen molar-refractivity contribution in [3.8, 4) is 5.75 Å². The number of ether oxygens (including phenoxy) is 3. The highest BCUT2D eigenvalue weighted by molar-refractivity contribution is 5.91. The van der Waals surface area contributed by atoms with Crippen LogP contribution in [0.15, 0.2) is 42.5 Å². The van der Waals surface area contributed by atoms with Gasteiger partial charge >= 0.3 is 17.9 Å². The third kappa shape index (κ3) is 7.88. The maximum Gasteiger partial charge on any atom is 0.331 e. The molecule has 0 aliphatic carbocycles. The fourth-order valence-electron chi connectivity index (χ4n) is 1.59. The smallest absolute Gasteiger partial charge is 0.331 e. The van der Waals surface area contributed by atoms with Crippen molar-refractivity contribution >= 4 is 24.2 Å². The molecule has 1 aromatic carbocycles. The Labute approximate surface area is 139 Å². The van der Waals surface area contributed by atoms with E-state index in [2.05, 4.69) is 4.74 Å². The lowest BCUT2D eigenvalue weighted by Crippen LogP contribution is -2.20. The number of carbonyl (C=O) groups excluding carboxylic acids is 4. The zero-order valence-corrected chi connectivity index (χ0v) is 13.2. The molecule has 0 radical (unpaired) electrons. The van der Waals surface area contributed by atoms with Crippen LogP contribution in [-0.2, 0) is 28.7 Å². The molecule has 128 valence electrons. The molecule has 1 atom stereocenters. The van der Waals surface area contributed by atoms with Crippen LogP contribution >= 0.6 is 0 Å². The summed E-state index contributed by atoms with van der Waals surface area (Å²) in [5, 5.41) is 0. The van der Waals surface area contributed by atoms with Gasteiger partial charge in [0.05, 0.1) is 18.9 Å². The fourth-order valence-corrected chi connectivity index (χ4v) is 1.59. The quantitative estimate of drug-likeness (QED) is 0.292. The SMILES string of the molecule is CCOC(=O)C=CC(=O)OCC(C=O)CC(=O)Oc1ccccc1. The molecule has 0 saturated carbocycles. The van der Waals surface area contributed by atoms with Crippen LogP contribution in [0.3, 0.4) is 0 Å². The molecule has 0 aliphatic rings. The second-order valence-corrected chi connectivity index (χ2v) is 4.60. The molecule has 0 spiro atoms. The van der Waals surface area contributed by atoms with Crippen molar-refractivity contribution in [1.82, 2.24) is 0 Å². The molecule has 1 aromatic rings. The average molecular weight is 334 g/mol. The molecule has 1 rings (SSSR count). The maximum absolute atomic E-state index is 11.7. The first kappa shape index (κ1) is 19.1. The molecule has 0 saturated heterocycles. The summed E-state index contributed by atoms with van der Waals surface area (Å²) in [6.45, 7) is 1.53. The number of para-hydroxylation sites is 1. The molecule has 0 aromatic heterocycles. The molecular weight excluding hydrogens is 316 g/mol. The van der Waals surface area contributed by atoms with Crippen LogP contribution in [0.2, 0.25) is 0 Å². The molecule has 7 nitrogen and oxygen atoms in total. The van der Waals surface area contributed by atoms with E-state index in [0.29, 0.717) is 12.0 Å². The number of benzene rings is 1. The summed E-state index contributed by atoms with van der Waals surface area (Å²) in [6, 6.07) is 8.39. The number of rotatable bonds is 9. The number of esters is 3. The van der Waals surface area contributed by atoms with Crippen molar-refractivity contribution in [2.24, 2.45) is 5.92 Å². The monoisotopic (exact) mass is 334 g/mol. The summed E-state index contributed by atoms with van der Waals surface area (Å²) >= 11 is 0. The van der Waals surface area contributed by atoms with Crippen LogP contribution in [-0.4, -0.2) is 37.4 Å². The fraction of sp³-hybridized carbons (Fsp3) is 0.294. The zero-order valence-electron chi connectivity index (χ0n) is 13.2. The molecule has 0 bridgehead atoms. The van der Waals surface area contributed by atoms with Crippen LogP contribution in [0.25, 0.3) is 0 Å². The largest absolute Gasteiger partial charge is 0.463 e. The zero-order chi connectivity index (χ0) is 17.8. The Morgan fingerprint density at radius 3 is 2.25 bits per heavy atom. The molecule has 0 heterocycles. The number of hydrogen-bond acceptors (Lipinski definition) is 7. The molecule has 0 amide bonds. The van der Waals surface area contributed by atoms with Crippen molar-refractivity contribution in [3.63, 3.8) is 0 Å². The van der Waals surface area contributed by atoms with E-state index in [9.17, 15) is 19.2 Å². The van der Waals surface area contributed by atoms with Gasteiger partial charge in [-0.25, -0.2) is 9.59 Å². The van der Waals surface area contributed by atoms with Gasteiger partial charge in [-0.2, -0.15) is 0 Å². The van der Waals surface area contributed by atoms with Gasteiger partial charge in [0.15, 0.2) is 0 Å². The highest BCUT2D eigenvalue weighted by Gasteiger charge is 2.16. The van der Waals surface area contributed by atoms with E-state index in [-0.39, 0.29) is 19.6 Å². The van der Waals surface area contributed by atoms with Gasteiger partial charge < -0.3 is 19.0 Å². The molecule has 0 aliphatic heterocycles. The molecule has 0 N–H and O–H groups in total. The number of hydrogen-bond donors (Lipinski definition) is 0. The molecule has 24 heavy (non-hydrogen) atoms. The Kier molecular flexibility index (Phi) is 8.52. The average Bonchev–Trinajstić information content (AvgIpc) is 2.57. The van der Waals surface area contributed by atoms with Gasteiger partial charge in [0.25, 0.3) is 0 Å². The summed E-state index contributed by atoms with van der Waals surface area (Å²) in [5.74, 6) is -2.57. The normalized spacial score (nSPS) is 11.5. The summed E-state index contributed by atoms with van der Waals surface area (Å²) in [7, 11) is 0. The van der Waals surface area contributed by atoms with Crippen LogP contribution in [0.4, 0.5) is 0 Å². The first-order chi connectivity index (χ1) is 11.5. The Morgan fingerprint density at radius 2 is 1.67 bits per heavy atom. The first-order valence-corrected chi connectivity index (χ1v) is 7.27. The minimum Gasteiger partial charge on any atom is -0.463 e. The predicted octanol–water partition coefficient (Wildman–Crippen LogP) is 1.46. The summed E-state index contributed by atoms with van der Waals surface area (Å²) in [5.41, 5.74) is 0. The van der Waals surface area contributed by atoms with Gasteiger partial charge in [-0.15, -0.1) is 0 Å². The lowest BCUT2D eigenvalue weighted by molar-refractivity contribution is -0.144. The lowest BCUT2D eigenvalue weighted by Gasteiger charge is -2.10. The Hall–Kier alpha value is -2.96. The van der Waals surface area contributed by atoms with Gasteiger partial charge in [0.1, 0.15) is 18.6 Å². The third-order valence-electron chi connectivity index (χ3n) is 2.68. The highest BCUT2D eigenvalue weighted by atomic mass is 16.5. The minimum absolute atomic E-state index is 0.189. The Balaban J connectivity index is 2.38. The van der Waals surface area contributed by atoms with Crippen LogP contribution in [0, 0.1) is 5.92 Å². The topological polar surface area (TPSA) is 96.0 Å². The molecule has 0 fully saturated rings. The molecular formula is C17H18O7. The van der Waals surface area contributed by atoms with Gasteiger partial charge in [0, 0.05) is 12.2 Å². The summed E-state index contributed by atoms with van der Waals surface area (Å²) < 4.78 is 14.4. The maximum atomic E-state index is 11.7. The van der Waals surface area contributed by atoms with Gasteiger partial charge in [-0.1, -0.05) is 18.2 Å². The second kappa shape index (κ2) is 10.7. The van der Waals surface area contributed by atoms with E-state index in [0.717, 1.165) is 12.2 Å². The van der Waals surface area contributed by atoms with Gasteiger partial charge in [-0.3, -0.25) is 4.79 Å². The molecule has 1 unspecified atom stereocenters. The molecule has 7 heteroatoms. The number of aldehydes is 1. The predicted molar refractivity (Wildman–Crippen MR) is 83.0 cm³/mol. The third-order valence-corrected chi connectivity index (χ3v) is 2.68. The van der Waals surface area contributed by atoms with Crippen molar-refractivity contribution in [2.45, 2.75) is 13.3 Å². The van der Waals surface area contributed by atoms with Crippen molar-refractivity contribution in [2.75, 3.05) is 13.2 Å². The standard InChI is InChI=1S/C17H18O7/c1-2-22-15(19)8-9-16(20)23-12-13(11-18)10-17(21)24-14-6-4-3-5-7-14/h3-9,11,13H,2,10,12H2,1H3. The lowest BCUT2D eigenvalue weighted by atomic mass is 10.1. The summed E-state index contributed by atoms with van der Waals surface area (Å²) in [4.78, 5) is 45.1. The van der Waals surface area contributed by atoms with E-state index >= 15 is 0 Å². The van der Waals surface area contributed by atoms with Crippen LogP contribution in [0.5, 0.6) is 5.75 Å². The van der Waals surface area contributed by atoms with Crippen LogP contribution in [0.1, 0.15) is 13.3 Å². The second-order valence-electron chi connectivity index (χ2n) is 4.60. The summed E-state index contributed by atoms with van der Waals surface area (Å²) in [6.07, 6.45) is 2.09. The van der Waals surface area contributed by atoms with E-state index < -0.39 is 23.8 Å². The van der Waals surface area contributed by atoms with Crippen molar-refractivity contribution in [3.05, 3.63) is 42.5 Å². The first-order valence-electron chi connectivity index (χ1n) is 7.27.